The average Bonchev–Trinajstić information content (AvgIpc) is 3.24. The first-order valence-electron chi connectivity index (χ1n) is 9.42. The van der Waals surface area contributed by atoms with Crippen LogP contribution in [0.25, 0.3) is 0 Å². The molecule has 1 amide bonds. The molecule has 29 heavy (non-hydrogen) atoms. The summed E-state index contributed by atoms with van der Waals surface area (Å²) in [6.45, 7) is 2.43. The Morgan fingerprint density at radius 2 is 2.00 bits per heavy atom. The fraction of sp³-hybridized carbons (Fsp3) is 0.227. The SMILES string of the molecule is CCOc1ccc(NC(=O)c2cc3c([nH]c2=O)C[C@@H](c2ccco2)CC3=O)cc1. The number of carbonyl (C=O) groups excluding carboxylic acids is 2. The molecule has 0 fully saturated rings. The van der Waals surface area contributed by atoms with Crippen LogP contribution in [-0.4, -0.2) is 23.3 Å². The minimum absolute atomic E-state index is 0.0950. The van der Waals surface area contributed by atoms with Gasteiger partial charge < -0.3 is 19.5 Å². The van der Waals surface area contributed by atoms with Crippen LogP contribution in [0.15, 0.2) is 57.9 Å². The smallest absolute Gasteiger partial charge is 0.261 e. The first kappa shape index (κ1) is 18.7. The van der Waals surface area contributed by atoms with Crippen molar-refractivity contribution in [2.75, 3.05) is 11.9 Å². The lowest BCUT2D eigenvalue weighted by Crippen LogP contribution is -2.29. The molecule has 3 aromatic rings. The molecule has 1 aliphatic carbocycles. The van der Waals surface area contributed by atoms with Crippen molar-refractivity contribution in [1.82, 2.24) is 4.98 Å². The van der Waals surface area contributed by atoms with Gasteiger partial charge in [-0.25, -0.2) is 0 Å². The van der Waals surface area contributed by atoms with Gasteiger partial charge in [0.05, 0.1) is 12.9 Å². The summed E-state index contributed by atoms with van der Waals surface area (Å²) in [5, 5.41) is 2.68. The van der Waals surface area contributed by atoms with E-state index in [2.05, 4.69) is 10.3 Å². The van der Waals surface area contributed by atoms with Crippen molar-refractivity contribution >= 4 is 17.4 Å². The third-order valence-corrected chi connectivity index (χ3v) is 4.92. The molecular weight excluding hydrogens is 372 g/mol. The number of hydrogen-bond acceptors (Lipinski definition) is 5. The summed E-state index contributed by atoms with van der Waals surface area (Å²) in [6.07, 6.45) is 2.31. The topological polar surface area (TPSA) is 101 Å². The Morgan fingerprint density at radius 1 is 1.21 bits per heavy atom. The standard InChI is InChI=1S/C22H20N2O5/c1-2-28-15-7-5-14(6-8-15)23-21(26)17-12-16-18(24-22(17)27)10-13(11-19(16)25)20-4-3-9-29-20/h3-9,12-13H,2,10-11H2,1H3,(H,23,26)(H,24,27)/t13-/m1/s1. The van der Waals surface area contributed by atoms with Crippen LogP contribution >= 0.6 is 0 Å². The number of fused-ring (bicyclic) bond motifs is 1. The van der Waals surface area contributed by atoms with Crippen LogP contribution in [0, 0.1) is 0 Å². The van der Waals surface area contributed by atoms with Crippen LogP contribution in [-0.2, 0) is 6.42 Å². The number of amides is 1. The van der Waals surface area contributed by atoms with Gasteiger partial charge in [0, 0.05) is 29.3 Å². The zero-order valence-corrected chi connectivity index (χ0v) is 15.9. The summed E-state index contributed by atoms with van der Waals surface area (Å²) < 4.78 is 10.8. The number of aromatic amines is 1. The highest BCUT2D eigenvalue weighted by molar-refractivity contribution is 6.06. The molecule has 1 aromatic carbocycles. The van der Waals surface area contributed by atoms with E-state index in [4.69, 9.17) is 9.15 Å². The Balaban J connectivity index is 1.56. The van der Waals surface area contributed by atoms with Gasteiger partial charge in [-0.1, -0.05) is 0 Å². The number of ether oxygens (including phenoxy) is 1. The van der Waals surface area contributed by atoms with Crippen molar-refractivity contribution < 1.29 is 18.7 Å². The minimum Gasteiger partial charge on any atom is -0.494 e. The lowest BCUT2D eigenvalue weighted by Gasteiger charge is -2.22. The number of ketones is 1. The van der Waals surface area contributed by atoms with E-state index >= 15 is 0 Å². The average molecular weight is 392 g/mol. The van der Waals surface area contributed by atoms with Crippen molar-refractivity contribution in [2.24, 2.45) is 0 Å². The maximum Gasteiger partial charge on any atom is 0.261 e. The highest BCUT2D eigenvalue weighted by atomic mass is 16.5. The minimum atomic E-state index is -0.570. The van der Waals surface area contributed by atoms with Crippen LogP contribution in [0.3, 0.4) is 0 Å². The second kappa shape index (κ2) is 7.79. The molecule has 0 spiro atoms. The molecule has 2 aromatic heterocycles. The third-order valence-electron chi connectivity index (χ3n) is 4.92. The summed E-state index contributed by atoms with van der Waals surface area (Å²) in [6, 6.07) is 11.8. The maximum atomic E-state index is 12.6. The number of rotatable bonds is 5. The van der Waals surface area contributed by atoms with Gasteiger partial charge in [0.1, 0.15) is 17.1 Å². The van der Waals surface area contributed by atoms with E-state index in [-0.39, 0.29) is 23.7 Å². The number of hydrogen-bond donors (Lipinski definition) is 2. The normalized spacial score (nSPS) is 15.6. The summed E-state index contributed by atoms with van der Waals surface area (Å²) in [5.74, 6) is 0.582. The van der Waals surface area contributed by atoms with Gasteiger partial charge in [-0.3, -0.25) is 14.4 Å². The molecule has 1 atom stereocenters. The number of carbonyl (C=O) groups is 2. The molecule has 1 aliphatic rings. The fourth-order valence-electron chi connectivity index (χ4n) is 3.52. The Kier molecular flexibility index (Phi) is 5.03. The summed E-state index contributed by atoms with van der Waals surface area (Å²) in [7, 11) is 0. The molecule has 7 heteroatoms. The highest BCUT2D eigenvalue weighted by Crippen LogP contribution is 2.31. The Morgan fingerprint density at radius 3 is 2.69 bits per heavy atom. The van der Waals surface area contributed by atoms with Gasteiger partial charge in [-0.2, -0.15) is 0 Å². The largest absolute Gasteiger partial charge is 0.494 e. The van der Waals surface area contributed by atoms with Crippen LogP contribution in [0.4, 0.5) is 5.69 Å². The van der Waals surface area contributed by atoms with Crippen molar-refractivity contribution in [2.45, 2.75) is 25.7 Å². The maximum absolute atomic E-state index is 12.6. The number of aromatic nitrogens is 1. The summed E-state index contributed by atoms with van der Waals surface area (Å²) in [4.78, 5) is 40.4. The van der Waals surface area contributed by atoms with Crippen molar-refractivity contribution in [3.05, 3.63) is 81.7 Å². The molecule has 2 heterocycles. The first-order valence-corrected chi connectivity index (χ1v) is 9.42. The van der Waals surface area contributed by atoms with Crippen molar-refractivity contribution in [3.8, 4) is 5.75 Å². The molecule has 0 radical (unpaired) electrons. The summed E-state index contributed by atoms with van der Waals surface area (Å²) in [5.41, 5.74) is 0.816. The molecule has 0 saturated carbocycles. The lowest BCUT2D eigenvalue weighted by atomic mass is 9.84. The molecule has 2 N–H and O–H groups in total. The zero-order valence-electron chi connectivity index (χ0n) is 15.9. The van der Waals surface area contributed by atoms with E-state index < -0.39 is 11.5 Å². The van der Waals surface area contributed by atoms with E-state index in [0.29, 0.717) is 41.5 Å². The van der Waals surface area contributed by atoms with Crippen LogP contribution in [0.5, 0.6) is 5.75 Å². The van der Waals surface area contributed by atoms with Crippen LogP contribution in [0.2, 0.25) is 0 Å². The molecule has 148 valence electrons. The number of benzene rings is 1. The molecular formula is C22H20N2O5. The van der Waals surface area contributed by atoms with Gasteiger partial charge in [-0.05, 0) is 55.8 Å². The van der Waals surface area contributed by atoms with E-state index in [1.807, 2.05) is 13.0 Å². The van der Waals surface area contributed by atoms with E-state index in [9.17, 15) is 14.4 Å². The number of pyridine rings is 1. The van der Waals surface area contributed by atoms with Crippen LogP contribution in [0.1, 0.15) is 51.4 Å². The lowest BCUT2D eigenvalue weighted by molar-refractivity contribution is 0.0959. The molecule has 0 aliphatic heterocycles. The highest BCUT2D eigenvalue weighted by Gasteiger charge is 2.30. The van der Waals surface area contributed by atoms with Gasteiger partial charge in [0.15, 0.2) is 5.78 Å². The number of anilines is 1. The predicted octanol–water partition coefficient (Wildman–Crippen LogP) is 3.53. The first-order chi connectivity index (χ1) is 14.0. The summed E-state index contributed by atoms with van der Waals surface area (Å²) >= 11 is 0. The van der Waals surface area contributed by atoms with E-state index in [1.54, 1.807) is 36.6 Å². The third kappa shape index (κ3) is 3.85. The molecule has 4 rings (SSSR count). The molecule has 0 unspecified atom stereocenters. The fourth-order valence-corrected chi connectivity index (χ4v) is 3.52. The van der Waals surface area contributed by atoms with Gasteiger partial charge >= 0.3 is 0 Å². The van der Waals surface area contributed by atoms with Gasteiger partial charge in [-0.15, -0.1) is 0 Å². The van der Waals surface area contributed by atoms with E-state index in [1.165, 1.54) is 6.07 Å². The second-order valence-electron chi connectivity index (χ2n) is 6.86. The molecule has 0 bridgehead atoms. The van der Waals surface area contributed by atoms with E-state index in [0.717, 1.165) is 0 Å². The predicted molar refractivity (Wildman–Crippen MR) is 107 cm³/mol. The number of H-pyrrole nitrogens is 1. The quantitative estimate of drug-likeness (QED) is 0.692. The molecule has 7 nitrogen and oxygen atoms in total. The Hall–Kier alpha value is -3.61. The Bertz CT molecular complexity index is 1100. The number of furan rings is 1. The number of nitrogens with one attached hydrogen (secondary N) is 2. The van der Waals surface area contributed by atoms with Gasteiger partial charge in [0.2, 0.25) is 0 Å². The molecule has 0 saturated heterocycles. The van der Waals surface area contributed by atoms with Crippen molar-refractivity contribution in [3.63, 3.8) is 0 Å². The van der Waals surface area contributed by atoms with Gasteiger partial charge in [0.25, 0.3) is 11.5 Å². The monoisotopic (exact) mass is 392 g/mol. The Labute approximate surface area is 166 Å². The van der Waals surface area contributed by atoms with Crippen molar-refractivity contribution in [1.29, 1.82) is 0 Å². The zero-order chi connectivity index (χ0) is 20.4. The van der Waals surface area contributed by atoms with Crippen LogP contribution < -0.4 is 15.6 Å². The number of Topliss-reactive ketones (excluding diaryl/α,β-unsaturated/α-hetero) is 1. The second-order valence-corrected chi connectivity index (χ2v) is 6.86.